The Balaban J connectivity index is 1.50. The molecule has 2 aromatic heterocycles. The molecule has 0 spiro atoms. The molecule has 0 amide bonds. The highest BCUT2D eigenvalue weighted by Gasteiger charge is 2.10. The summed E-state index contributed by atoms with van der Waals surface area (Å²) in [7, 11) is 0. The van der Waals surface area contributed by atoms with Crippen LogP contribution < -0.4 is 4.74 Å². The number of rotatable bonds is 5. The maximum absolute atomic E-state index is 5.98. The lowest BCUT2D eigenvalue weighted by Gasteiger charge is -2.06. The third-order valence-corrected chi connectivity index (χ3v) is 4.51. The van der Waals surface area contributed by atoms with E-state index in [0.29, 0.717) is 11.6 Å². The Hall–Kier alpha value is -3.11. The minimum Gasteiger partial charge on any atom is -0.489 e. The van der Waals surface area contributed by atoms with Crippen LogP contribution in [-0.4, -0.2) is 15.0 Å². The van der Waals surface area contributed by atoms with Gasteiger partial charge in [0.05, 0.1) is 5.69 Å². The van der Waals surface area contributed by atoms with Gasteiger partial charge in [0.1, 0.15) is 18.2 Å². The molecule has 4 rings (SSSR count). The number of aromatic amines is 1. The predicted molar refractivity (Wildman–Crippen MR) is 108 cm³/mol. The van der Waals surface area contributed by atoms with Crippen molar-refractivity contribution in [2.24, 2.45) is 0 Å². The minimum atomic E-state index is 0.494. The van der Waals surface area contributed by atoms with Gasteiger partial charge in [-0.1, -0.05) is 29.8 Å². The van der Waals surface area contributed by atoms with E-state index in [9.17, 15) is 0 Å². The van der Waals surface area contributed by atoms with Crippen molar-refractivity contribution in [3.05, 3.63) is 89.3 Å². The van der Waals surface area contributed by atoms with E-state index in [1.165, 1.54) is 0 Å². The van der Waals surface area contributed by atoms with E-state index in [0.717, 1.165) is 39.7 Å². The maximum Gasteiger partial charge on any atom is 0.138 e. The summed E-state index contributed by atoms with van der Waals surface area (Å²) >= 11 is 5.98. The highest BCUT2D eigenvalue weighted by molar-refractivity contribution is 6.30. The molecule has 134 valence electrons. The van der Waals surface area contributed by atoms with Crippen molar-refractivity contribution in [3.8, 4) is 28.4 Å². The van der Waals surface area contributed by atoms with Crippen molar-refractivity contribution in [3.63, 3.8) is 0 Å². The van der Waals surface area contributed by atoms with Crippen LogP contribution in [0.4, 0.5) is 0 Å². The Bertz CT molecular complexity index is 1030. The molecule has 0 saturated carbocycles. The molecular weight excluding hydrogens is 358 g/mol. The summed E-state index contributed by atoms with van der Waals surface area (Å²) in [5.74, 6) is 1.64. The van der Waals surface area contributed by atoms with Crippen LogP contribution >= 0.6 is 11.6 Å². The Morgan fingerprint density at radius 2 is 1.70 bits per heavy atom. The first-order valence-corrected chi connectivity index (χ1v) is 9.01. The number of pyridine rings is 1. The molecule has 2 heterocycles. The van der Waals surface area contributed by atoms with Crippen LogP contribution in [0.3, 0.4) is 0 Å². The number of nitrogens with zero attached hydrogens (tertiary/aromatic N) is 2. The molecule has 0 fully saturated rings. The largest absolute Gasteiger partial charge is 0.489 e. The molecule has 0 unspecified atom stereocenters. The molecule has 0 radical (unpaired) electrons. The lowest BCUT2D eigenvalue weighted by atomic mass is 10.1. The lowest BCUT2D eigenvalue weighted by molar-refractivity contribution is 0.306. The van der Waals surface area contributed by atoms with Crippen LogP contribution in [0.1, 0.15) is 11.3 Å². The molecule has 27 heavy (non-hydrogen) atoms. The predicted octanol–water partition coefficient (Wildman–Crippen LogP) is 5.68. The number of hydrogen-bond donors (Lipinski definition) is 1. The normalized spacial score (nSPS) is 10.7. The van der Waals surface area contributed by atoms with E-state index in [1.807, 2.05) is 67.6 Å². The number of halogens is 1. The summed E-state index contributed by atoms with van der Waals surface area (Å²) in [6.45, 7) is 2.51. The fourth-order valence-electron chi connectivity index (χ4n) is 2.85. The van der Waals surface area contributed by atoms with Crippen LogP contribution in [0.15, 0.2) is 73.1 Å². The average Bonchev–Trinajstić information content (AvgIpc) is 3.10. The molecule has 4 nitrogen and oxygen atoms in total. The van der Waals surface area contributed by atoms with Crippen LogP contribution in [0.2, 0.25) is 5.02 Å². The molecule has 5 heteroatoms. The Morgan fingerprint density at radius 3 is 2.41 bits per heavy atom. The van der Waals surface area contributed by atoms with Crippen LogP contribution in [0.5, 0.6) is 5.75 Å². The lowest BCUT2D eigenvalue weighted by Crippen LogP contribution is -1.95. The molecule has 0 aliphatic heterocycles. The number of ether oxygens (including phenoxy) is 1. The number of aryl methyl sites for hydroxylation is 1. The van der Waals surface area contributed by atoms with E-state index in [4.69, 9.17) is 21.3 Å². The smallest absolute Gasteiger partial charge is 0.138 e. The molecule has 0 bridgehead atoms. The first-order chi connectivity index (χ1) is 13.2. The summed E-state index contributed by atoms with van der Waals surface area (Å²) in [5, 5.41) is 0.717. The summed E-state index contributed by atoms with van der Waals surface area (Å²) < 4.78 is 5.81. The Morgan fingerprint density at radius 1 is 0.963 bits per heavy atom. The standard InChI is InChI=1S/C22H18ClN3O/c1-15-21(17-4-8-19(23)9-5-17)26-22(25-15)18-6-10-20(11-7-18)27-14-16-3-2-12-24-13-16/h2-13H,14H2,1H3,(H,25,26). The zero-order valence-corrected chi connectivity index (χ0v) is 15.6. The van der Waals surface area contributed by atoms with Crippen molar-refractivity contribution < 1.29 is 4.74 Å². The quantitative estimate of drug-likeness (QED) is 0.488. The van der Waals surface area contributed by atoms with Gasteiger partial charge in [0.25, 0.3) is 0 Å². The van der Waals surface area contributed by atoms with E-state index in [1.54, 1.807) is 12.4 Å². The number of imidazole rings is 1. The minimum absolute atomic E-state index is 0.494. The highest BCUT2D eigenvalue weighted by Crippen LogP contribution is 2.27. The molecule has 0 saturated heterocycles. The van der Waals surface area contributed by atoms with Crippen molar-refractivity contribution in [2.45, 2.75) is 13.5 Å². The zero-order chi connectivity index (χ0) is 18.6. The topological polar surface area (TPSA) is 50.8 Å². The van der Waals surface area contributed by atoms with Crippen LogP contribution in [0.25, 0.3) is 22.6 Å². The summed E-state index contributed by atoms with van der Waals surface area (Å²) in [6.07, 6.45) is 3.56. The molecule has 0 aliphatic rings. The van der Waals surface area contributed by atoms with Gasteiger partial charge in [-0.25, -0.2) is 4.98 Å². The van der Waals surface area contributed by atoms with Gasteiger partial charge in [-0.3, -0.25) is 4.98 Å². The van der Waals surface area contributed by atoms with E-state index in [2.05, 4.69) is 9.97 Å². The first-order valence-electron chi connectivity index (χ1n) is 8.64. The number of aromatic nitrogens is 3. The maximum atomic E-state index is 5.98. The second-order valence-electron chi connectivity index (χ2n) is 6.24. The molecule has 2 aromatic carbocycles. The van der Waals surface area contributed by atoms with E-state index >= 15 is 0 Å². The monoisotopic (exact) mass is 375 g/mol. The Kier molecular flexibility index (Phi) is 4.90. The van der Waals surface area contributed by atoms with Crippen molar-refractivity contribution in [2.75, 3.05) is 0 Å². The van der Waals surface area contributed by atoms with Gasteiger partial charge in [-0.2, -0.15) is 0 Å². The third-order valence-electron chi connectivity index (χ3n) is 4.26. The second-order valence-corrected chi connectivity index (χ2v) is 6.68. The van der Waals surface area contributed by atoms with Gasteiger partial charge in [-0.15, -0.1) is 0 Å². The van der Waals surface area contributed by atoms with Crippen LogP contribution in [-0.2, 0) is 6.61 Å². The average molecular weight is 376 g/mol. The molecular formula is C22H18ClN3O. The third kappa shape index (κ3) is 4.01. The van der Waals surface area contributed by atoms with Gasteiger partial charge in [0, 0.05) is 39.8 Å². The van der Waals surface area contributed by atoms with E-state index in [-0.39, 0.29) is 0 Å². The molecule has 1 N–H and O–H groups in total. The van der Waals surface area contributed by atoms with Gasteiger partial charge >= 0.3 is 0 Å². The summed E-state index contributed by atoms with van der Waals surface area (Å²) in [4.78, 5) is 12.2. The Labute approximate surface area is 162 Å². The summed E-state index contributed by atoms with van der Waals surface area (Å²) in [5.41, 5.74) is 5.03. The van der Waals surface area contributed by atoms with Gasteiger partial charge in [0.15, 0.2) is 0 Å². The highest BCUT2D eigenvalue weighted by atomic mass is 35.5. The van der Waals surface area contributed by atoms with Crippen molar-refractivity contribution >= 4 is 11.6 Å². The van der Waals surface area contributed by atoms with Gasteiger partial charge in [0.2, 0.25) is 0 Å². The van der Waals surface area contributed by atoms with Crippen molar-refractivity contribution in [1.29, 1.82) is 0 Å². The number of nitrogens with one attached hydrogen (secondary N) is 1. The number of hydrogen-bond acceptors (Lipinski definition) is 3. The summed E-state index contributed by atoms with van der Waals surface area (Å²) in [6, 6.07) is 19.5. The molecule has 4 aromatic rings. The molecule has 0 aliphatic carbocycles. The fraction of sp³-hybridized carbons (Fsp3) is 0.0909. The zero-order valence-electron chi connectivity index (χ0n) is 14.8. The SMILES string of the molecule is Cc1[nH]c(-c2ccc(OCc3cccnc3)cc2)nc1-c1ccc(Cl)cc1. The number of H-pyrrole nitrogens is 1. The van der Waals surface area contributed by atoms with E-state index < -0.39 is 0 Å². The van der Waals surface area contributed by atoms with Gasteiger partial charge < -0.3 is 9.72 Å². The van der Waals surface area contributed by atoms with Crippen molar-refractivity contribution in [1.82, 2.24) is 15.0 Å². The van der Waals surface area contributed by atoms with Gasteiger partial charge in [-0.05, 0) is 49.4 Å². The number of benzene rings is 2. The fourth-order valence-corrected chi connectivity index (χ4v) is 2.97. The molecule has 0 atom stereocenters. The second kappa shape index (κ2) is 7.64. The van der Waals surface area contributed by atoms with Crippen LogP contribution in [0, 0.1) is 6.92 Å². The first kappa shape index (κ1) is 17.3.